The molecule has 0 saturated heterocycles. The normalized spacial score (nSPS) is 14.4. The Hall–Kier alpha value is -1.13. The molecule has 1 N–H and O–H groups in total. The van der Waals surface area contributed by atoms with Crippen molar-refractivity contribution in [1.82, 2.24) is 9.55 Å². The van der Waals surface area contributed by atoms with Crippen molar-refractivity contribution >= 4 is 15.9 Å². The van der Waals surface area contributed by atoms with Gasteiger partial charge in [0.05, 0.1) is 5.60 Å². The van der Waals surface area contributed by atoms with Gasteiger partial charge in [-0.1, -0.05) is 35.0 Å². The molecule has 0 aliphatic rings. The van der Waals surface area contributed by atoms with Crippen LogP contribution >= 0.6 is 15.9 Å². The number of rotatable bonds is 4. The molecular weight excluding hydrogens is 292 g/mol. The molecule has 0 aliphatic heterocycles. The molecule has 0 aliphatic carbocycles. The summed E-state index contributed by atoms with van der Waals surface area (Å²) in [5, 5.41) is 10.8. The van der Waals surface area contributed by atoms with E-state index in [1.54, 1.807) is 6.20 Å². The number of nitrogens with zero attached hydrogens (tertiary/aromatic N) is 2. The minimum absolute atomic E-state index is 0.517. The fraction of sp³-hybridized carbons (Fsp3) is 0.357. The average molecular weight is 309 g/mol. The van der Waals surface area contributed by atoms with Gasteiger partial charge in [0.25, 0.3) is 0 Å². The van der Waals surface area contributed by atoms with Gasteiger partial charge in [-0.2, -0.15) is 0 Å². The Balaban J connectivity index is 2.33. The molecule has 3 nitrogen and oxygen atoms in total. The van der Waals surface area contributed by atoms with Crippen molar-refractivity contribution in [1.29, 1.82) is 0 Å². The Morgan fingerprint density at radius 2 is 2.22 bits per heavy atom. The number of halogens is 1. The minimum atomic E-state index is -0.872. The SMILES string of the molecule is CCC(O)(Cc1nccn1C)c1cccc(Br)c1. The predicted octanol–water partition coefficient (Wildman–Crippen LogP) is 3.02. The molecule has 1 heterocycles. The highest BCUT2D eigenvalue weighted by atomic mass is 79.9. The highest BCUT2D eigenvalue weighted by Crippen LogP contribution is 2.30. The third kappa shape index (κ3) is 2.65. The lowest BCUT2D eigenvalue weighted by atomic mass is 9.87. The van der Waals surface area contributed by atoms with Crippen molar-refractivity contribution in [2.45, 2.75) is 25.4 Å². The highest BCUT2D eigenvalue weighted by Gasteiger charge is 2.29. The quantitative estimate of drug-likeness (QED) is 0.943. The number of imidazole rings is 1. The number of benzene rings is 1. The van der Waals surface area contributed by atoms with E-state index in [0.29, 0.717) is 12.8 Å². The summed E-state index contributed by atoms with van der Waals surface area (Å²) in [6, 6.07) is 7.82. The zero-order valence-electron chi connectivity index (χ0n) is 10.6. The molecule has 1 unspecified atom stereocenters. The summed E-state index contributed by atoms with van der Waals surface area (Å²) in [5.74, 6) is 0.888. The lowest BCUT2D eigenvalue weighted by Crippen LogP contribution is -2.29. The average Bonchev–Trinajstić information content (AvgIpc) is 2.75. The summed E-state index contributed by atoms with van der Waals surface area (Å²) in [6.45, 7) is 1.99. The summed E-state index contributed by atoms with van der Waals surface area (Å²) in [4.78, 5) is 4.29. The van der Waals surface area contributed by atoms with Crippen LogP contribution in [0, 0.1) is 0 Å². The van der Waals surface area contributed by atoms with Crippen molar-refractivity contribution in [3.05, 3.63) is 52.5 Å². The topological polar surface area (TPSA) is 38.1 Å². The molecule has 2 aromatic rings. The van der Waals surface area contributed by atoms with E-state index in [0.717, 1.165) is 15.9 Å². The molecule has 2 rings (SSSR count). The third-order valence-electron chi connectivity index (χ3n) is 3.32. The first-order valence-electron chi connectivity index (χ1n) is 6.00. The molecule has 1 atom stereocenters. The smallest absolute Gasteiger partial charge is 0.111 e. The summed E-state index contributed by atoms with van der Waals surface area (Å²) in [7, 11) is 1.94. The number of aryl methyl sites for hydroxylation is 1. The first-order chi connectivity index (χ1) is 8.55. The molecule has 0 amide bonds. The minimum Gasteiger partial charge on any atom is -0.385 e. The van der Waals surface area contributed by atoms with Gasteiger partial charge in [-0.3, -0.25) is 0 Å². The number of hydrogen-bond donors (Lipinski definition) is 1. The maximum atomic E-state index is 10.8. The van der Waals surface area contributed by atoms with E-state index in [1.807, 2.05) is 49.0 Å². The van der Waals surface area contributed by atoms with E-state index in [-0.39, 0.29) is 0 Å². The van der Waals surface area contributed by atoms with E-state index in [4.69, 9.17) is 0 Å². The monoisotopic (exact) mass is 308 g/mol. The van der Waals surface area contributed by atoms with Crippen molar-refractivity contribution in [3.63, 3.8) is 0 Å². The van der Waals surface area contributed by atoms with Crippen molar-refractivity contribution in [2.75, 3.05) is 0 Å². The maximum absolute atomic E-state index is 10.8. The van der Waals surface area contributed by atoms with E-state index in [1.165, 1.54) is 0 Å². The van der Waals surface area contributed by atoms with Crippen LogP contribution in [0.2, 0.25) is 0 Å². The fourth-order valence-electron chi connectivity index (χ4n) is 2.04. The summed E-state index contributed by atoms with van der Waals surface area (Å²) in [6.07, 6.45) is 4.82. The van der Waals surface area contributed by atoms with Gasteiger partial charge in [0.2, 0.25) is 0 Å². The van der Waals surface area contributed by atoms with Crippen LogP contribution in [0.3, 0.4) is 0 Å². The van der Waals surface area contributed by atoms with Gasteiger partial charge in [-0.05, 0) is 24.1 Å². The molecule has 1 aromatic heterocycles. The van der Waals surface area contributed by atoms with Gasteiger partial charge in [0, 0.05) is 30.3 Å². The standard InChI is InChI=1S/C14H17BrN2O/c1-3-14(18,10-13-16-7-8-17(13)2)11-5-4-6-12(15)9-11/h4-9,18H,3,10H2,1-2H3. The van der Waals surface area contributed by atoms with Crippen molar-refractivity contribution < 1.29 is 5.11 Å². The molecular formula is C14H17BrN2O. The predicted molar refractivity (Wildman–Crippen MR) is 75.2 cm³/mol. The zero-order chi connectivity index (χ0) is 13.2. The largest absolute Gasteiger partial charge is 0.385 e. The molecule has 18 heavy (non-hydrogen) atoms. The highest BCUT2D eigenvalue weighted by molar-refractivity contribution is 9.10. The maximum Gasteiger partial charge on any atom is 0.111 e. The summed E-state index contributed by atoms with van der Waals surface area (Å²) < 4.78 is 2.92. The number of hydrogen-bond acceptors (Lipinski definition) is 2. The summed E-state index contributed by atoms with van der Waals surface area (Å²) >= 11 is 3.44. The van der Waals surface area contributed by atoms with E-state index in [2.05, 4.69) is 20.9 Å². The lowest BCUT2D eigenvalue weighted by molar-refractivity contribution is 0.0300. The van der Waals surface area contributed by atoms with Crippen LogP contribution in [0.25, 0.3) is 0 Å². The Morgan fingerprint density at radius 1 is 1.44 bits per heavy atom. The van der Waals surface area contributed by atoms with Crippen molar-refractivity contribution in [3.8, 4) is 0 Å². The molecule has 0 bridgehead atoms. The van der Waals surface area contributed by atoms with Gasteiger partial charge in [-0.15, -0.1) is 0 Å². The van der Waals surface area contributed by atoms with Crippen LogP contribution in [-0.4, -0.2) is 14.7 Å². The van der Waals surface area contributed by atoms with Gasteiger partial charge in [0.15, 0.2) is 0 Å². The van der Waals surface area contributed by atoms with Crippen LogP contribution in [0.15, 0.2) is 41.1 Å². The van der Waals surface area contributed by atoms with Crippen LogP contribution in [0.1, 0.15) is 24.7 Å². The Morgan fingerprint density at radius 3 is 2.78 bits per heavy atom. The molecule has 0 radical (unpaired) electrons. The van der Waals surface area contributed by atoms with Gasteiger partial charge in [0.1, 0.15) is 5.82 Å². The lowest BCUT2D eigenvalue weighted by Gasteiger charge is -2.27. The number of aliphatic hydroxyl groups is 1. The third-order valence-corrected chi connectivity index (χ3v) is 3.81. The first-order valence-corrected chi connectivity index (χ1v) is 6.79. The Kier molecular flexibility index (Phi) is 3.88. The molecule has 96 valence electrons. The second-order valence-corrected chi connectivity index (χ2v) is 5.44. The molecule has 0 spiro atoms. The first kappa shape index (κ1) is 13.3. The van der Waals surface area contributed by atoms with Crippen LogP contribution in [-0.2, 0) is 19.1 Å². The molecule has 0 fully saturated rings. The van der Waals surface area contributed by atoms with E-state index >= 15 is 0 Å². The van der Waals surface area contributed by atoms with E-state index < -0.39 is 5.60 Å². The van der Waals surface area contributed by atoms with E-state index in [9.17, 15) is 5.11 Å². The Bertz CT molecular complexity index is 538. The van der Waals surface area contributed by atoms with Crippen molar-refractivity contribution in [2.24, 2.45) is 7.05 Å². The zero-order valence-corrected chi connectivity index (χ0v) is 12.2. The van der Waals surface area contributed by atoms with Crippen LogP contribution in [0.5, 0.6) is 0 Å². The van der Waals surface area contributed by atoms with Gasteiger partial charge >= 0.3 is 0 Å². The summed E-state index contributed by atoms with van der Waals surface area (Å²) in [5.41, 5.74) is 0.0467. The second-order valence-electron chi connectivity index (χ2n) is 4.53. The molecule has 1 aromatic carbocycles. The van der Waals surface area contributed by atoms with Gasteiger partial charge < -0.3 is 9.67 Å². The van der Waals surface area contributed by atoms with Crippen LogP contribution < -0.4 is 0 Å². The Labute approximate surface area is 116 Å². The number of aromatic nitrogens is 2. The molecule has 0 saturated carbocycles. The van der Waals surface area contributed by atoms with Gasteiger partial charge in [-0.25, -0.2) is 4.98 Å². The van der Waals surface area contributed by atoms with Crippen LogP contribution in [0.4, 0.5) is 0 Å². The molecule has 4 heteroatoms. The fourth-order valence-corrected chi connectivity index (χ4v) is 2.44. The second kappa shape index (κ2) is 5.24.